The number of nitriles is 2. The number of thioether (sulfide) groups is 1. The molecule has 2 aromatic heterocycles. The predicted molar refractivity (Wildman–Crippen MR) is 156 cm³/mol. The number of nitrogens with zero attached hydrogens (tertiary/aromatic N) is 5. The Bertz CT molecular complexity index is 1270. The van der Waals surface area contributed by atoms with Crippen molar-refractivity contribution in [3.05, 3.63) is 24.2 Å². The van der Waals surface area contributed by atoms with Gasteiger partial charge in [0.2, 0.25) is 5.60 Å². The topological polar surface area (TPSA) is 105 Å². The molecule has 8 nitrogen and oxygen atoms in total. The van der Waals surface area contributed by atoms with Crippen LogP contribution in [0.25, 0.3) is 5.52 Å². The third kappa shape index (κ3) is 4.87. The quantitative estimate of drug-likeness (QED) is 0.273. The van der Waals surface area contributed by atoms with Crippen LogP contribution in [-0.4, -0.2) is 56.3 Å². The molecule has 1 fully saturated rings. The monoisotopic (exact) mass is 573 g/mol. The summed E-state index contributed by atoms with van der Waals surface area (Å²) < 4.78 is 22.0. The molecule has 0 bridgehead atoms. The van der Waals surface area contributed by atoms with Crippen molar-refractivity contribution in [3.63, 3.8) is 0 Å². The van der Waals surface area contributed by atoms with E-state index >= 15 is 0 Å². The molecule has 0 aromatic carbocycles. The number of ether oxygens (including phenoxy) is 1. The van der Waals surface area contributed by atoms with Crippen LogP contribution in [0.4, 0.5) is 0 Å². The van der Waals surface area contributed by atoms with Crippen LogP contribution in [0.1, 0.15) is 54.2 Å². The lowest BCUT2D eigenvalue weighted by molar-refractivity contribution is -0.0555. The van der Waals surface area contributed by atoms with Gasteiger partial charge in [0, 0.05) is 0 Å². The van der Waals surface area contributed by atoms with Gasteiger partial charge in [-0.3, -0.25) is 0 Å². The van der Waals surface area contributed by atoms with Gasteiger partial charge in [-0.15, -0.1) is 11.8 Å². The fourth-order valence-corrected chi connectivity index (χ4v) is 7.21. The smallest absolute Gasteiger partial charge is 0.217 e. The predicted octanol–water partition coefficient (Wildman–Crippen LogP) is 6.51. The second-order valence-corrected chi connectivity index (χ2v) is 23.8. The molecule has 0 N–H and O–H groups in total. The Balaban J connectivity index is 2.21. The molecule has 1 aliphatic rings. The van der Waals surface area contributed by atoms with E-state index in [9.17, 15) is 10.5 Å². The lowest BCUT2D eigenvalue weighted by Gasteiger charge is -2.43. The second kappa shape index (κ2) is 10.0. The van der Waals surface area contributed by atoms with Gasteiger partial charge < -0.3 is 13.6 Å². The lowest BCUT2D eigenvalue weighted by Crippen LogP contribution is -2.53. The van der Waals surface area contributed by atoms with Crippen molar-refractivity contribution in [2.24, 2.45) is 5.41 Å². The van der Waals surface area contributed by atoms with Crippen LogP contribution in [0.15, 0.2) is 23.5 Å². The minimum absolute atomic E-state index is 0.00485. The number of fused-ring (bicyclic) bond motifs is 1. The molecule has 11 heteroatoms. The summed E-state index contributed by atoms with van der Waals surface area (Å²) in [6.07, 6.45) is 2.12. The number of hydrogen-bond donors (Lipinski definition) is 0. The molecule has 1 aliphatic heterocycles. The van der Waals surface area contributed by atoms with Gasteiger partial charge in [0.25, 0.3) is 0 Å². The highest BCUT2D eigenvalue weighted by Gasteiger charge is 2.68. The first-order chi connectivity index (χ1) is 17.3. The first-order valence-corrected chi connectivity index (χ1v) is 20.1. The molecule has 1 unspecified atom stereocenters. The van der Waals surface area contributed by atoms with E-state index in [0.29, 0.717) is 5.69 Å². The standard InChI is InChI=1S/C27H43N5O3SSi2/c1-24(2,3)37(9,10)33-15-20-22(35-38(11,12)25(4,5)6)26(7,16-28)27(17-29,34-20)21-14-13-19-23(36-8)30-18-31-32(19)21/h13-14,18,20,22H,15H2,1-12H3/t20-,22?,26-,27+/m1/s1. The van der Waals surface area contributed by atoms with Crippen molar-refractivity contribution < 1.29 is 13.6 Å². The largest absolute Gasteiger partial charge is 0.414 e. The van der Waals surface area contributed by atoms with E-state index in [1.54, 1.807) is 11.4 Å². The molecule has 4 atom stereocenters. The molecule has 1 saturated heterocycles. The Labute approximate surface area is 234 Å². The first-order valence-electron chi connectivity index (χ1n) is 13.0. The Hall–Kier alpha value is -1.74. The number of aromatic nitrogens is 3. The van der Waals surface area contributed by atoms with Gasteiger partial charge in [-0.25, -0.2) is 9.50 Å². The molecule has 208 valence electrons. The van der Waals surface area contributed by atoms with Gasteiger partial charge in [-0.05, 0) is 61.6 Å². The van der Waals surface area contributed by atoms with E-state index in [4.69, 9.17) is 13.6 Å². The SMILES string of the molecule is CSc1ncnn2c([C@]3(C#N)O[C@H](CO[Si](C)(C)C(C)(C)C)C(O[Si](C)(C)C(C)(C)C)[C@@]3(C)C#N)ccc12. The van der Waals surface area contributed by atoms with Crippen LogP contribution in [0.3, 0.4) is 0 Å². The molecule has 0 amide bonds. The Morgan fingerprint density at radius 3 is 2.16 bits per heavy atom. The second-order valence-electron chi connectivity index (χ2n) is 13.4. The summed E-state index contributed by atoms with van der Waals surface area (Å²) in [5, 5.41) is 26.7. The highest BCUT2D eigenvalue weighted by Crippen LogP contribution is 2.56. The summed E-state index contributed by atoms with van der Waals surface area (Å²) in [6.45, 7) is 23.8. The summed E-state index contributed by atoms with van der Waals surface area (Å²) in [5.41, 5.74) is -1.71. The zero-order valence-electron chi connectivity index (χ0n) is 25.0. The third-order valence-electron chi connectivity index (χ3n) is 8.97. The molecule has 38 heavy (non-hydrogen) atoms. The van der Waals surface area contributed by atoms with Crippen LogP contribution in [0, 0.1) is 28.1 Å². The van der Waals surface area contributed by atoms with Crippen LogP contribution >= 0.6 is 11.8 Å². The molecule has 2 aromatic rings. The van der Waals surface area contributed by atoms with Crippen LogP contribution in [0.2, 0.25) is 36.3 Å². The minimum Gasteiger partial charge on any atom is -0.414 e. The maximum Gasteiger partial charge on any atom is 0.217 e. The van der Waals surface area contributed by atoms with E-state index in [0.717, 1.165) is 10.5 Å². The molecule has 0 spiro atoms. The van der Waals surface area contributed by atoms with Gasteiger partial charge in [-0.1, -0.05) is 41.5 Å². The summed E-state index contributed by atoms with van der Waals surface area (Å²) in [7, 11) is -4.53. The van der Waals surface area contributed by atoms with E-state index in [1.165, 1.54) is 18.1 Å². The maximum absolute atomic E-state index is 10.8. The summed E-state index contributed by atoms with van der Waals surface area (Å²) >= 11 is 1.50. The van der Waals surface area contributed by atoms with Gasteiger partial charge in [0.1, 0.15) is 28.9 Å². The molecule has 0 aliphatic carbocycles. The Kier molecular flexibility index (Phi) is 8.13. The highest BCUT2D eigenvalue weighted by atomic mass is 32.2. The Morgan fingerprint density at radius 1 is 1.05 bits per heavy atom. The van der Waals surface area contributed by atoms with Gasteiger partial charge in [-0.2, -0.15) is 15.6 Å². The Morgan fingerprint density at radius 2 is 1.66 bits per heavy atom. The molecule has 0 saturated carbocycles. The minimum atomic E-state index is -2.38. The average Bonchev–Trinajstić information content (AvgIpc) is 3.34. The lowest BCUT2D eigenvalue weighted by atomic mass is 9.70. The molecule has 3 rings (SSSR count). The van der Waals surface area contributed by atoms with Crippen LogP contribution in [0.5, 0.6) is 0 Å². The van der Waals surface area contributed by atoms with E-state index in [-0.39, 0.29) is 16.7 Å². The molecular formula is C27H43N5O3SSi2. The summed E-state index contributed by atoms with van der Waals surface area (Å²) in [5.74, 6) is 0. The van der Waals surface area contributed by atoms with Crippen molar-refractivity contribution in [2.45, 2.75) is 108 Å². The fraction of sp³-hybridized carbons (Fsp3) is 0.704. The molecule has 0 radical (unpaired) electrons. The highest BCUT2D eigenvalue weighted by molar-refractivity contribution is 7.98. The fourth-order valence-electron chi connectivity index (χ4n) is 4.30. The van der Waals surface area contributed by atoms with Crippen molar-refractivity contribution in [2.75, 3.05) is 12.9 Å². The summed E-state index contributed by atoms with van der Waals surface area (Å²) in [4.78, 5) is 4.36. The van der Waals surface area contributed by atoms with Crippen molar-refractivity contribution in [1.82, 2.24) is 14.6 Å². The average molecular weight is 574 g/mol. The number of hydrogen-bond acceptors (Lipinski definition) is 8. The normalized spacial score (nSPS) is 26.9. The first kappa shape index (κ1) is 30.8. The third-order valence-corrected chi connectivity index (χ3v) is 18.6. The maximum atomic E-state index is 10.8. The van der Waals surface area contributed by atoms with Crippen molar-refractivity contribution >= 4 is 33.9 Å². The summed E-state index contributed by atoms with van der Waals surface area (Å²) in [6, 6.07) is 8.61. The van der Waals surface area contributed by atoms with E-state index < -0.39 is 39.9 Å². The van der Waals surface area contributed by atoms with Gasteiger partial charge in [0.15, 0.2) is 16.6 Å². The van der Waals surface area contributed by atoms with Gasteiger partial charge in [0.05, 0.1) is 30.0 Å². The van der Waals surface area contributed by atoms with E-state index in [2.05, 4.69) is 90.0 Å². The molecule has 3 heterocycles. The number of rotatable bonds is 7. The zero-order chi connectivity index (χ0) is 28.9. The van der Waals surface area contributed by atoms with E-state index in [1.807, 2.05) is 18.4 Å². The molecular weight excluding hydrogens is 531 g/mol. The van der Waals surface area contributed by atoms with Crippen LogP contribution in [-0.2, 0) is 19.2 Å². The zero-order valence-corrected chi connectivity index (χ0v) is 27.8. The van der Waals surface area contributed by atoms with Crippen LogP contribution < -0.4 is 0 Å². The van der Waals surface area contributed by atoms with Gasteiger partial charge >= 0.3 is 0 Å². The van der Waals surface area contributed by atoms with Crippen molar-refractivity contribution in [1.29, 1.82) is 10.5 Å². The van der Waals surface area contributed by atoms with Crippen molar-refractivity contribution in [3.8, 4) is 12.1 Å².